The van der Waals surface area contributed by atoms with Gasteiger partial charge in [0.2, 0.25) is 0 Å². The van der Waals surface area contributed by atoms with Crippen LogP contribution in [0.15, 0.2) is 27.6 Å². The molecule has 3 aromatic heterocycles. The third-order valence-electron chi connectivity index (χ3n) is 2.45. The van der Waals surface area contributed by atoms with Crippen LogP contribution in [0.3, 0.4) is 0 Å². The minimum absolute atomic E-state index is 0.210. The zero-order valence-corrected chi connectivity index (χ0v) is 9.28. The first-order valence-corrected chi connectivity index (χ1v) is 5.02. The van der Waals surface area contributed by atoms with Crippen LogP contribution in [0, 0.1) is 6.92 Å². The fraction of sp³-hybridized carbons (Fsp3) is 0.200. The molecule has 0 saturated heterocycles. The molecule has 0 spiro atoms. The van der Waals surface area contributed by atoms with Crippen molar-refractivity contribution in [3.63, 3.8) is 0 Å². The van der Waals surface area contributed by atoms with E-state index in [9.17, 15) is 4.79 Å². The number of rotatable bonds is 1. The molecule has 7 heteroatoms. The number of hydrogen-bond acceptors (Lipinski definition) is 5. The van der Waals surface area contributed by atoms with Crippen molar-refractivity contribution in [1.29, 1.82) is 0 Å². The summed E-state index contributed by atoms with van der Waals surface area (Å²) in [5.74, 6) is 0.902. The Morgan fingerprint density at radius 3 is 2.94 bits per heavy atom. The van der Waals surface area contributed by atoms with E-state index in [1.165, 1.54) is 9.08 Å². The average Bonchev–Trinajstić information content (AvgIpc) is 2.85. The van der Waals surface area contributed by atoms with Crippen LogP contribution in [-0.2, 0) is 7.05 Å². The maximum Gasteiger partial charge on any atom is 0.350 e. The average molecular weight is 231 g/mol. The Bertz CT molecular complexity index is 751. The van der Waals surface area contributed by atoms with Gasteiger partial charge in [-0.3, -0.25) is 0 Å². The molecule has 7 nitrogen and oxygen atoms in total. The van der Waals surface area contributed by atoms with Crippen LogP contribution >= 0.6 is 0 Å². The molecule has 0 N–H and O–H groups in total. The molecule has 0 aromatic carbocycles. The number of hydrogen-bond donors (Lipinski definition) is 0. The maximum atomic E-state index is 11.7. The zero-order chi connectivity index (χ0) is 12.0. The molecule has 17 heavy (non-hydrogen) atoms. The second-order valence-electron chi connectivity index (χ2n) is 3.67. The number of aryl methyl sites for hydroxylation is 2. The fourth-order valence-corrected chi connectivity index (χ4v) is 1.67. The Morgan fingerprint density at radius 2 is 2.24 bits per heavy atom. The van der Waals surface area contributed by atoms with E-state index in [-0.39, 0.29) is 5.69 Å². The highest BCUT2D eigenvalue weighted by Gasteiger charge is 2.14. The first kappa shape index (κ1) is 9.76. The third kappa shape index (κ3) is 1.36. The van der Waals surface area contributed by atoms with Crippen molar-refractivity contribution in [3.05, 3.63) is 34.6 Å². The summed E-state index contributed by atoms with van der Waals surface area (Å²) in [7, 11) is 1.60. The van der Waals surface area contributed by atoms with Gasteiger partial charge in [0.15, 0.2) is 11.5 Å². The highest BCUT2D eigenvalue weighted by molar-refractivity contribution is 5.70. The normalized spacial score (nSPS) is 11.2. The molecular formula is C10H9N5O2. The van der Waals surface area contributed by atoms with Gasteiger partial charge >= 0.3 is 5.69 Å². The van der Waals surface area contributed by atoms with Crippen LogP contribution in [0.1, 0.15) is 5.82 Å². The van der Waals surface area contributed by atoms with Crippen molar-refractivity contribution in [1.82, 2.24) is 24.3 Å². The lowest BCUT2D eigenvalue weighted by atomic mass is 10.2. The van der Waals surface area contributed by atoms with Crippen LogP contribution in [-0.4, -0.2) is 24.3 Å². The van der Waals surface area contributed by atoms with Crippen LogP contribution in [0.2, 0.25) is 0 Å². The first-order valence-electron chi connectivity index (χ1n) is 5.02. The monoisotopic (exact) mass is 231 g/mol. The summed E-state index contributed by atoms with van der Waals surface area (Å²) in [5.41, 5.74) is 0.938. The fourth-order valence-electron chi connectivity index (χ4n) is 1.67. The van der Waals surface area contributed by atoms with E-state index < -0.39 is 0 Å². The van der Waals surface area contributed by atoms with Crippen molar-refractivity contribution in [2.45, 2.75) is 6.92 Å². The molecule has 0 fully saturated rings. The summed E-state index contributed by atoms with van der Waals surface area (Å²) in [4.78, 5) is 15.8. The van der Waals surface area contributed by atoms with Gasteiger partial charge in [-0.1, -0.05) is 5.16 Å². The van der Waals surface area contributed by atoms with Gasteiger partial charge in [-0.05, 0) is 19.1 Å². The highest BCUT2D eigenvalue weighted by Crippen LogP contribution is 2.20. The standard InChI is InChI=1S/C10H9N5O2/c1-6-11-9(17-13-6)7-4-3-5-15-8(7)12-14(2)10(15)16/h3-5H,1-2H3. The largest absolute Gasteiger partial charge is 0.350 e. The predicted octanol–water partition coefficient (Wildman–Crippen LogP) is 0.391. The summed E-state index contributed by atoms with van der Waals surface area (Å²) >= 11 is 0. The van der Waals surface area contributed by atoms with E-state index in [0.717, 1.165) is 0 Å². The van der Waals surface area contributed by atoms with E-state index in [4.69, 9.17) is 4.52 Å². The van der Waals surface area contributed by atoms with Gasteiger partial charge in [0.25, 0.3) is 5.89 Å². The van der Waals surface area contributed by atoms with Gasteiger partial charge in [-0.25, -0.2) is 13.9 Å². The van der Waals surface area contributed by atoms with Crippen LogP contribution in [0.5, 0.6) is 0 Å². The molecule has 3 aromatic rings. The van der Waals surface area contributed by atoms with E-state index in [0.29, 0.717) is 22.9 Å². The zero-order valence-electron chi connectivity index (χ0n) is 9.28. The van der Waals surface area contributed by atoms with Crippen molar-refractivity contribution in [2.24, 2.45) is 7.05 Å². The van der Waals surface area contributed by atoms with Crippen LogP contribution < -0.4 is 5.69 Å². The molecule has 0 atom stereocenters. The summed E-state index contributed by atoms with van der Waals surface area (Å²) in [6.07, 6.45) is 1.65. The number of fused-ring (bicyclic) bond motifs is 1. The highest BCUT2D eigenvalue weighted by atomic mass is 16.5. The van der Waals surface area contributed by atoms with Crippen molar-refractivity contribution < 1.29 is 4.52 Å². The Morgan fingerprint density at radius 1 is 1.41 bits per heavy atom. The molecular weight excluding hydrogens is 222 g/mol. The first-order chi connectivity index (χ1) is 8.16. The lowest BCUT2D eigenvalue weighted by Gasteiger charge is -1.95. The second-order valence-corrected chi connectivity index (χ2v) is 3.67. The Balaban J connectivity index is 2.37. The van der Waals surface area contributed by atoms with Crippen LogP contribution in [0.25, 0.3) is 17.1 Å². The van der Waals surface area contributed by atoms with Crippen molar-refractivity contribution >= 4 is 5.65 Å². The van der Waals surface area contributed by atoms with E-state index in [2.05, 4.69) is 15.2 Å². The minimum Gasteiger partial charge on any atom is -0.334 e. The SMILES string of the molecule is Cc1noc(-c2cccn3c(=O)n(C)nc23)n1. The van der Waals surface area contributed by atoms with Crippen molar-refractivity contribution in [3.8, 4) is 11.5 Å². The maximum absolute atomic E-state index is 11.7. The Labute approximate surface area is 95.3 Å². The Kier molecular flexibility index (Phi) is 1.88. The molecule has 0 radical (unpaired) electrons. The molecule has 0 bridgehead atoms. The summed E-state index contributed by atoms with van der Waals surface area (Å²) in [6.45, 7) is 1.73. The molecule has 3 rings (SSSR count). The third-order valence-corrected chi connectivity index (χ3v) is 2.45. The number of aromatic nitrogens is 5. The second kappa shape index (κ2) is 3.27. The minimum atomic E-state index is -0.210. The molecule has 3 heterocycles. The van der Waals surface area contributed by atoms with Crippen molar-refractivity contribution in [2.75, 3.05) is 0 Å². The van der Waals surface area contributed by atoms with Gasteiger partial charge in [-0.2, -0.15) is 4.98 Å². The van der Waals surface area contributed by atoms with Gasteiger partial charge in [-0.15, -0.1) is 5.10 Å². The van der Waals surface area contributed by atoms with Crippen LogP contribution in [0.4, 0.5) is 0 Å². The smallest absolute Gasteiger partial charge is 0.334 e. The molecule has 0 saturated carbocycles. The lowest BCUT2D eigenvalue weighted by molar-refractivity contribution is 0.426. The predicted molar refractivity (Wildman–Crippen MR) is 58.5 cm³/mol. The molecule has 0 amide bonds. The number of nitrogens with zero attached hydrogens (tertiary/aromatic N) is 5. The van der Waals surface area contributed by atoms with Gasteiger partial charge in [0.1, 0.15) is 0 Å². The quantitative estimate of drug-likeness (QED) is 0.605. The summed E-state index contributed by atoms with van der Waals surface area (Å²) in [5, 5.41) is 7.86. The molecule has 0 aliphatic heterocycles. The van der Waals surface area contributed by atoms with E-state index in [1.54, 1.807) is 32.3 Å². The van der Waals surface area contributed by atoms with E-state index in [1.807, 2.05) is 0 Å². The van der Waals surface area contributed by atoms with Gasteiger partial charge < -0.3 is 4.52 Å². The van der Waals surface area contributed by atoms with Gasteiger partial charge in [0.05, 0.1) is 5.56 Å². The summed E-state index contributed by atoms with van der Waals surface area (Å²) < 4.78 is 7.79. The molecule has 0 aliphatic carbocycles. The summed E-state index contributed by atoms with van der Waals surface area (Å²) in [6, 6.07) is 3.53. The molecule has 0 unspecified atom stereocenters. The molecule has 0 aliphatic rings. The Hall–Kier alpha value is -2.44. The van der Waals surface area contributed by atoms with Gasteiger partial charge in [0, 0.05) is 13.2 Å². The number of pyridine rings is 1. The lowest BCUT2D eigenvalue weighted by Crippen LogP contribution is -2.17. The molecule has 86 valence electrons. The van der Waals surface area contributed by atoms with E-state index >= 15 is 0 Å². The topological polar surface area (TPSA) is 78.2 Å².